The molecule has 21 heavy (non-hydrogen) atoms. The van der Waals surface area contributed by atoms with E-state index in [1.54, 1.807) is 24.3 Å². The van der Waals surface area contributed by atoms with Crippen molar-refractivity contribution in [2.24, 2.45) is 0 Å². The van der Waals surface area contributed by atoms with E-state index >= 15 is 0 Å². The number of benzene rings is 1. The van der Waals surface area contributed by atoms with Gasteiger partial charge in [-0.15, -0.1) is 0 Å². The molecule has 2 rings (SSSR count). The Labute approximate surface area is 130 Å². The van der Waals surface area contributed by atoms with E-state index in [2.05, 4.69) is 26.8 Å². The first-order valence-corrected chi connectivity index (χ1v) is 6.93. The fourth-order valence-corrected chi connectivity index (χ4v) is 1.89. The molecule has 0 atom stereocenters. The SMILES string of the molecule is Cc1ccc(C(=O)NNC(=O)/C=C/c2ccco2)cc1Br. The highest BCUT2D eigenvalue weighted by Gasteiger charge is 2.07. The van der Waals surface area contributed by atoms with Crippen molar-refractivity contribution in [2.75, 3.05) is 0 Å². The van der Waals surface area contributed by atoms with E-state index in [0.29, 0.717) is 11.3 Å². The lowest BCUT2D eigenvalue weighted by Crippen LogP contribution is -2.40. The highest BCUT2D eigenvalue weighted by atomic mass is 79.9. The van der Waals surface area contributed by atoms with Crippen LogP contribution >= 0.6 is 15.9 Å². The monoisotopic (exact) mass is 348 g/mol. The summed E-state index contributed by atoms with van der Waals surface area (Å²) >= 11 is 3.35. The van der Waals surface area contributed by atoms with Gasteiger partial charge < -0.3 is 4.42 Å². The summed E-state index contributed by atoms with van der Waals surface area (Å²) in [7, 11) is 0. The van der Waals surface area contributed by atoms with Crippen LogP contribution in [0.2, 0.25) is 0 Å². The smallest absolute Gasteiger partial charge is 0.269 e. The fraction of sp³-hybridized carbons (Fsp3) is 0.0667. The Morgan fingerprint density at radius 1 is 1.24 bits per heavy atom. The largest absolute Gasteiger partial charge is 0.465 e. The molecule has 0 aliphatic heterocycles. The van der Waals surface area contributed by atoms with Gasteiger partial charge in [0, 0.05) is 16.1 Å². The zero-order valence-corrected chi connectivity index (χ0v) is 12.8. The number of nitrogens with one attached hydrogen (secondary N) is 2. The second-order valence-electron chi connectivity index (χ2n) is 4.26. The maximum atomic E-state index is 11.9. The summed E-state index contributed by atoms with van der Waals surface area (Å²) in [6.07, 6.45) is 4.28. The van der Waals surface area contributed by atoms with Gasteiger partial charge in [-0.05, 0) is 42.8 Å². The summed E-state index contributed by atoms with van der Waals surface area (Å²) in [6, 6.07) is 8.62. The Bertz CT molecular complexity index is 678. The van der Waals surface area contributed by atoms with Gasteiger partial charge in [0.05, 0.1) is 6.26 Å². The van der Waals surface area contributed by atoms with Crippen LogP contribution in [-0.2, 0) is 4.79 Å². The molecule has 2 N–H and O–H groups in total. The van der Waals surface area contributed by atoms with E-state index in [1.165, 1.54) is 18.4 Å². The van der Waals surface area contributed by atoms with Gasteiger partial charge in [-0.1, -0.05) is 22.0 Å². The summed E-state index contributed by atoms with van der Waals surface area (Å²) < 4.78 is 5.88. The predicted octanol–water partition coefficient (Wildman–Crippen LogP) is 2.82. The minimum absolute atomic E-state index is 0.393. The van der Waals surface area contributed by atoms with Crippen molar-refractivity contribution < 1.29 is 14.0 Å². The molecule has 0 fully saturated rings. The number of hydrazine groups is 1. The topological polar surface area (TPSA) is 71.3 Å². The quantitative estimate of drug-likeness (QED) is 0.661. The van der Waals surface area contributed by atoms with Gasteiger partial charge in [-0.2, -0.15) is 0 Å². The maximum absolute atomic E-state index is 11.9. The molecule has 0 aliphatic rings. The number of hydrogen-bond acceptors (Lipinski definition) is 3. The zero-order chi connectivity index (χ0) is 15.2. The van der Waals surface area contributed by atoms with Gasteiger partial charge in [-0.3, -0.25) is 20.4 Å². The molecule has 0 saturated carbocycles. The van der Waals surface area contributed by atoms with Crippen molar-refractivity contribution in [1.29, 1.82) is 0 Å². The molecule has 6 heteroatoms. The third kappa shape index (κ3) is 4.32. The molecule has 2 aromatic rings. The Morgan fingerprint density at radius 3 is 2.71 bits per heavy atom. The van der Waals surface area contributed by atoms with Crippen LogP contribution in [0.4, 0.5) is 0 Å². The van der Waals surface area contributed by atoms with E-state index < -0.39 is 11.8 Å². The molecule has 1 heterocycles. The molecular weight excluding hydrogens is 336 g/mol. The average Bonchev–Trinajstić information content (AvgIpc) is 2.98. The molecular formula is C15H13BrN2O3. The number of hydrogen-bond donors (Lipinski definition) is 2. The van der Waals surface area contributed by atoms with Crippen molar-refractivity contribution in [3.63, 3.8) is 0 Å². The second kappa shape index (κ2) is 6.90. The summed E-state index contributed by atoms with van der Waals surface area (Å²) in [5.74, 6) is -0.291. The van der Waals surface area contributed by atoms with Gasteiger partial charge in [-0.25, -0.2) is 0 Å². The Kier molecular flexibility index (Phi) is 4.94. The van der Waals surface area contributed by atoms with Crippen LogP contribution in [0.1, 0.15) is 21.7 Å². The molecule has 0 spiro atoms. The van der Waals surface area contributed by atoms with Crippen LogP contribution in [0, 0.1) is 6.92 Å². The number of carbonyl (C=O) groups excluding carboxylic acids is 2. The van der Waals surface area contributed by atoms with Gasteiger partial charge in [0.2, 0.25) is 0 Å². The molecule has 0 aliphatic carbocycles. The zero-order valence-electron chi connectivity index (χ0n) is 11.2. The molecule has 2 amide bonds. The normalized spacial score (nSPS) is 10.6. The molecule has 0 bridgehead atoms. The summed E-state index contributed by atoms with van der Waals surface area (Å²) in [5.41, 5.74) is 6.10. The van der Waals surface area contributed by atoms with E-state index in [9.17, 15) is 9.59 Å². The number of furan rings is 1. The minimum Gasteiger partial charge on any atom is -0.465 e. The van der Waals surface area contributed by atoms with Crippen LogP contribution in [0.3, 0.4) is 0 Å². The first-order valence-electron chi connectivity index (χ1n) is 6.14. The number of carbonyl (C=O) groups is 2. The van der Waals surface area contributed by atoms with Gasteiger partial charge in [0.1, 0.15) is 5.76 Å². The second-order valence-corrected chi connectivity index (χ2v) is 5.11. The molecule has 108 valence electrons. The molecule has 1 aromatic carbocycles. The molecule has 5 nitrogen and oxygen atoms in total. The summed E-state index contributed by atoms with van der Waals surface area (Å²) in [4.78, 5) is 23.4. The standard InChI is InChI=1S/C15H13BrN2O3/c1-10-4-5-11(9-13(10)16)15(20)18-17-14(19)7-6-12-3-2-8-21-12/h2-9H,1H3,(H,17,19)(H,18,20)/b7-6+. The fourth-order valence-electron chi connectivity index (χ4n) is 1.51. The first-order chi connectivity index (χ1) is 10.1. The molecule has 0 radical (unpaired) electrons. The highest BCUT2D eigenvalue weighted by molar-refractivity contribution is 9.10. The predicted molar refractivity (Wildman–Crippen MR) is 82.2 cm³/mol. The number of rotatable bonds is 3. The van der Waals surface area contributed by atoms with Crippen LogP contribution in [0.25, 0.3) is 6.08 Å². The molecule has 1 aromatic heterocycles. The van der Waals surface area contributed by atoms with Crippen molar-refractivity contribution in [3.8, 4) is 0 Å². The number of amides is 2. The van der Waals surface area contributed by atoms with E-state index in [1.807, 2.05) is 13.0 Å². The Morgan fingerprint density at radius 2 is 2.05 bits per heavy atom. The van der Waals surface area contributed by atoms with Crippen LogP contribution in [0.5, 0.6) is 0 Å². The maximum Gasteiger partial charge on any atom is 0.269 e. The molecule has 0 unspecified atom stereocenters. The van der Waals surface area contributed by atoms with Gasteiger partial charge >= 0.3 is 0 Å². The minimum atomic E-state index is -0.453. The van der Waals surface area contributed by atoms with E-state index in [4.69, 9.17) is 4.42 Å². The lowest BCUT2D eigenvalue weighted by molar-refractivity contribution is -0.117. The highest BCUT2D eigenvalue weighted by Crippen LogP contribution is 2.17. The lowest BCUT2D eigenvalue weighted by Gasteiger charge is -2.06. The van der Waals surface area contributed by atoms with Crippen molar-refractivity contribution in [3.05, 3.63) is 64.0 Å². The van der Waals surface area contributed by atoms with E-state index in [0.717, 1.165) is 10.0 Å². The van der Waals surface area contributed by atoms with Crippen LogP contribution in [0.15, 0.2) is 51.6 Å². The third-order valence-corrected chi connectivity index (χ3v) is 3.53. The van der Waals surface area contributed by atoms with Crippen molar-refractivity contribution >= 4 is 33.8 Å². The van der Waals surface area contributed by atoms with Crippen LogP contribution in [-0.4, -0.2) is 11.8 Å². The molecule has 0 saturated heterocycles. The third-order valence-electron chi connectivity index (χ3n) is 2.68. The summed E-state index contributed by atoms with van der Waals surface area (Å²) in [5, 5.41) is 0. The number of aryl methyl sites for hydroxylation is 1. The van der Waals surface area contributed by atoms with Gasteiger partial charge in [0.25, 0.3) is 11.8 Å². The van der Waals surface area contributed by atoms with Crippen molar-refractivity contribution in [1.82, 2.24) is 10.9 Å². The Balaban J connectivity index is 1.88. The van der Waals surface area contributed by atoms with Crippen molar-refractivity contribution in [2.45, 2.75) is 6.92 Å². The Hall–Kier alpha value is -2.34. The lowest BCUT2D eigenvalue weighted by atomic mass is 10.1. The average molecular weight is 349 g/mol. The number of halogens is 1. The first kappa shape index (κ1) is 15.1. The summed E-state index contributed by atoms with van der Waals surface area (Å²) in [6.45, 7) is 1.92. The van der Waals surface area contributed by atoms with Gasteiger partial charge in [0.15, 0.2) is 0 Å². The van der Waals surface area contributed by atoms with E-state index in [-0.39, 0.29) is 0 Å². The van der Waals surface area contributed by atoms with Crippen LogP contribution < -0.4 is 10.9 Å².